The molecule has 1 aromatic carbocycles. The Morgan fingerprint density at radius 1 is 1.14 bits per heavy atom. The van der Waals surface area contributed by atoms with Gasteiger partial charge in [-0.1, -0.05) is 45.9 Å². The minimum Gasteiger partial charge on any atom is -0.492 e. The summed E-state index contributed by atoms with van der Waals surface area (Å²) in [4.78, 5) is 0. The molecule has 0 spiro atoms. The summed E-state index contributed by atoms with van der Waals surface area (Å²) in [6, 6.07) is 7.86. The van der Waals surface area contributed by atoms with E-state index in [9.17, 15) is 8.42 Å². The van der Waals surface area contributed by atoms with Crippen LogP contribution in [0.1, 0.15) is 45.6 Å². The number of sulfonamides is 1. The van der Waals surface area contributed by atoms with E-state index in [2.05, 4.69) is 18.6 Å². The maximum absolute atomic E-state index is 11.8. The average molecular weight is 313 g/mol. The maximum atomic E-state index is 11.8. The van der Waals surface area contributed by atoms with Gasteiger partial charge in [0.05, 0.1) is 5.75 Å². The van der Waals surface area contributed by atoms with Crippen molar-refractivity contribution in [3.8, 4) is 5.75 Å². The fourth-order valence-corrected chi connectivity index (χ4v) is 3.23. The standard InChI is InChI=1S/C16H27NO3S/c1-13(2)9-12-21(18,19)17-10-11-20-16-8-6-5-7-15(16)14(3)4/h5-8,13-14,17H,9-12H2,1-4H3. The van der Waals surface area contributed by atoms with Gasteiger partial charge in [-0.3, -0.25) is 0 Å². The molecule has 21 heavy (non-hydrogen) atoms. The number of para-hydroxylation sites is 1. The van der Waals surface area contributed by atoms with Crippen LogP contribution in [0.25, 0.3) is 0 Å². The van der Waals surface area contributed by atoms with Gasteiger partial charge in [-0.05, 0) is 29.9 Å². The molecule has 0 bridgehead atoms. The lowest BCUT2D eigenvalue weighted by Crippen LogP contribution is -2.30. The number of ether oxygens (including phenoxy) is 1. The van der Waals surface area contributed by atoms with Gasteiger partial charge in [0, 0.05) is 6.54 Å². The van der Waals surface area contributed by atoms with Crippen LogP contribution < -0.4 is 9.46 Å². The van der Waals surface area contributed by atoms with Gasteiger partial charge in [-0.2, -0.15) is 0 Å². The van der Waals surface area contributed by atoms with Gasteiger partial charge in [-0.15, -0.1) is 0 Å². The quantitative estimate of drug-likeness (QED) is 0.713. The second-order valence-electron chi connectivity index (χ2n) is 5.94. The van der Waals surface area contributed by atoms with Crippen LogP contribution in [0.15, 0.2) is 24.3 Å². The highest BCUT2D eigenvalue weighted by atomic mass is 32.2. The molecule has 0 aromatic heterocycles. The highest BCUT2D eigenvalue weighted by Crippen LogP contribution is 2.25. The van der Waals surface area contributed by atoms with Crippen molar-refractivity contribution in [1.82, 2.24) is 4.72 Å². The zero-order valence-electron chi connectivity index (χ0n) is 13.4. The van der Waals surface area contributed by atoms with Gasteiger partial charge in [0.2, 0.25) is 10.0 Å². The molecule has 0 atom stereocenters. The predicted molar refractivity (Wildman–Crippen MR) is 87.3 cm³/mol. The van der Waals surface area contributed by atoms with Crippen molar-refractivity contribution in [2.45, 2.75) is 40.0 Å². The van der Waals surface area contributed by atoms with Crippen molar-refractivity contribution in [2.24, 2.45) is 5.92 Å². The first-order valence-electron chi connectivity index (χ1n) is 7.51. The monoisotopic (exact) mass is 313 g/mol. The van der Waals surface area contributed by atoms with Crippen molar-refractivity contribution in [3.05, 3.63) is 29.8 Å². The van der Waals surface area contributed by atoms with Crippen molar-refractivity contribution < 1.29 is 13.2 Å². The molecule has 120 valence electrons. The Morgan fingerprint density at radius 2 is 1.81 bits per heavy atom. The number of benzene rings is 1. The van der Waals surface area contributed by atoms with E-state index in [-0.39, 0.29) is 5.75 Å². The summed E-state index contributed by atoms with van der Waals surface area (Å²) in [5, 5.41) is 0. The molecule has 0 aliphatic rings. The van der Waals surface area contributed by atoms with Crippen LogP contribution in [-0.2, 0) is 10.0 Å². The molecule has 1 aromatic rings. The predicted octanol–water partition coefficient (Wildman–Crippen LogP) is 3.15. The van der Waals surface area contributed by atoms with Crippen LogP contribution in [0.3, 0.4) is 0 Å². The van der Waals surface area contributed by atoms with Crippen molar-refractivity contribution in [3.63, 3.8) is 0 Å². The van der Waals surface area contributed by atoms with Gasteiger partial charge in [0.1, 0.15) is 12.4 Å². The minimum atomic E-state index is -3.19. The summed E-state index contributed by atoms with van der Waals surface area (Å²) in [6.45, 7) is 8.88. The lowest BCUT2D eigenvalue weighted by Gasteiger charge is -2.14. The second kappa shape index (κ2) is 8.39. The molecule has 0 radical (unpaired) electrons. The van der Waals surface area contributed by atoms with E-state index >= 15 is 0 Å². The van der Waals surface area contributed by atoms with Crippen LogP contribution in [0, 0.1) is 5.92 Å². The summed E-state index contributed by atoms with van der Waals surface area (Å²) >= 11 is 0. The third-order valence-corrected chi connectivity index (χ3v) is 4.60. The van der Waals surface area contributed by atoms with Gasteiger partial charge in [0.25, 0.3) is 0 Å². The topological polar surface area (TPSA) is 55.4 Å². The number of hydrogen-bond acceptors (Lipinski definition) is 3. The molecule has 0 saturated heterocycles. The van der Waals surface area contributed by atoms with E-state index < -0.39 is 10.0 Å². The molecule has 5 heteroatoms. The zero-order chi connectivity index (χ0) is 15.9. The summed E-state index contributed by atoms with van der Waals surface area (Å²) in [5.41, 5.74) is 1.14. The maximum Gasteiger partial charge on any atom is 0.211 e. The van der Waals surface area contributed by atoms with Crippen LogP contribution in [-0.4, -0.2) is 27.3 Å². The third-order valence-electron chi connectivity index (χ3n) is 3.19. The van der Waals surface area contributed by atoms with Gasteiger partial charge >= 0.3 is 0 Å². The van der Waals surface area contributed by atoms with Gasteiger partial charge < -0.3 is 4.74 Å². The van der Waals surface area contributed by atoms with Crippen LogP contribution in [0.4, 0.5) is 0 Å². The molecule has 1 N–H and O–H groups in total. The zero-order valence-corrected chi connectivity index (χ0v) is 14.2. The van der Waals surface area contributed by atoms with E-state index in [4.69, 9.17) is 4.74 Å². The minimum absolute atomic E-state index is 0.174. The fourth-order valence-electron chi connectivity index (χ4n) is 1.91. The van der Waals surface area contributed by atoms with E-state index in [1.54, 1.807) is 0 Å². The smallest absolute Gasteiger partial charge is 0.211 e. The molecule has 0 amide bonds. The molecule has 0 unspecified atom stereocenters. The molecule has 0 fully saturated rings. The molecule has 0 aliphatic heterocycles. The number of hydrogen-bond donors (Lipinski definition) is 1. The van der Waals surface area contributed by atoms with E-state index in [0.29, 0.717) is 31.4 Å². The van der Waals surface area contributed by atoms with Crippen molar-refractivity contribution >= 4 is 10.0 Å². The molecular formula is C16H27NO3S. The van der Waals surface area contributed by atoms with Gasteiger partial charge in [0.15, 0.2) is 0 Å². The molecule has 4 nitrogen and oxygen atoms in total. The third kappa shape index (κ3) is 6.96. The summed E-state index contributed by atoms with van der Waals surface area (Å²) in [5.74, 6) is 1.77. The fraction of sp³-hybridized carbons (Fsp3) is 0.625. The summed E-state index contributed by atoms with van der Waals surface area (Å²) < 4.78 is 31.8. The summed E-state index contributed by atoms with van der Waals surface area (Å²) in [6.07, 6.45) is 0.673. The SMILES string of the molecule is CC(C)CCS(=O)(=O)NCCOc1ccccc1C(C)C. The Bertz CT molecular complexity index is 524. The van der Waals surface area contributed by atoms with Gasteiger partial charge in [-0.25, -0.2) is 13.1 Å². The molecule has 0 heterocycles. The highest BCUT2D eigenvalue weighted by Gasteiger charge is 2.11. The van der Waals surface area contributed by atoms with Crippen LogP contribution in [0.5, 0.6) is 5.75 Å². The van der Waals surface area contributed by atoms with E-state index in [1.165, 1.54) is 0 Å². The molecule has 0 saturated carbocycles. The number of rotatable bonds is 9. The van der Waals surface area contributed by atoms with Crippen LogP contribution >= 0.6 is 0 Å². The lowest BCUT2D eigenvalue weighted by atomic mass is 10.0. The Balaban J connectivity index is 2.41. The van der Waals surface area contributed by atoms with Crippen molar-refractivity contribution in [2.75, 3.05) is 18.9 Å². The summed E-state index contributed by atoms with van der Waals surface area (Å²) in [7, 11) is -3.19. The molecule has 0 aliphatic carbocycles. The van der Waals surface area contributed by atoms with Crippen LogP contribution in [0.2, 0.25) is 0 Å². The first kappa shape index (κ1) is 18.0. The Hall–Kier alpha value is -1.07. The highest BCUT2D eigenvalue weighted by molar-refractivity contribution is 7.89. The van der Waals surface area contributed by atoms with E-state index in [0.717, 1.165) is 11.3 Å². The lowest BCUT2D eigenvalue weighted by molar-refractivity contribution is 0.318. The van der Waals surface area contributed by atoms with Crippen molar-refractivity contribution in [1.29, 1.82) is 0 Å². The van der Waals surface area contributed by atoms with E-state index in [1.807, 2.05) is 38.1 Å². The molecular weight excluding hydrogens is 286 g/mol. The largest absolute Gasteiger partial charge is 0.492 e. The Kier molecular flexibility index (Phi) is 7.18. The first-order chi connectivity index (χ1) is 9.82. The Morgan fingerprint density at radius 3 is 2.43 bits per heavy atom. The normalized spacial score (nSPS) is 12.1. The number of nitrogens with one attached hydrogen (secondary N) is 1. The average Bonchev–Trinajstić information content (AvgIpc) is 2.42. The molecule has 1 rings (SSSR count). The second-order valence-corrected chi connectivity index (χ2v) is 7.86. The first-order valence-corrected chi connectivity index (χ1v) is 9.16. The Labute approximate surface area is 129 Å².